The summed E-state index contributed by atoms with van der Waals surface area (Å²) in [6, 6.07) is 13.2. The van der Waals surface area contributed by atoms with Crippen LogP contribution in [0.4, 0.5) is 23.2 Å². The van der Waals surface area contributed by atoms with Crippen LogP contribution < -0.4 is 4.90 Å². The van der Waals surface area contributed by atoms with Gasteiger partial charge in [0.1, 0.15) is 11.6 Å². The number of benzene rings is 3. The molecule has 1 aliphatic heterocycles. The molecule has 1 saturated heterocycles. The molecule has 0 radical (unpaired) electrons. The van der Waals surface area contributed by atoms with Crippen LogP contribution in [0, 0.1) is 5.82 Å². The number of carbonyl (C=O) groups is 2. The molecule has 1 atom stereocenters. The Labute approximate surface area is 190 Å². The van der Waals surface area contributed by atoms with E-state index in [0.29, 0.717) is 5.02 Å². The van der Waals surface area contributed by atoms with Crippen LogP contribution in [0.25, 0.3) is 5.76 Å². The lowest BCUT2D eigenvalue weighted by atomic mass is 9.95. The molecular formula is C24H14ClF4NO3. The van der Waals surface area contributed by atoms with Crippen molar-refractivity contribution < 1.29 is 32.3 Å². The second-order valence-electron chi connectivity index (χ2n) is 7.28. The molecule has 3 aromatic rings. The second kappa shape index (κ2) is 8.37. The molecule has 0 bridgehead atoms. The van der Waals surface area contributed by atoms with Gasteiger partial charge in [0.05, 0.1) is 17.2 Å². The van der Waals surface area contributed by atoms with E-state index in [0.717, 1.165) is 35.2 Å². The topological polar surface area (TPSA) is 57.6 Å². The second-order valence-corrected chi connectivity index (χ2v) is 7.71. The number of halogens is 5. The van der Waals surface area contributed by atoms with Gasteiger partial charge >= 0.3 is 6.18 Å². The lowest BCUT2D eigenvalue weighted by Crippen LogP contribution is -2.29. The van der Waals surface area contributed by atoms with Crippen molar-refractivity contribution >= 4 is 34.7 Å². The van der Waals surface area contributed by atoms with Crippen molar-refractivity contribution in [3.63, 3.8) is 0 Å². The average Bonchev–Trinajstić information content (AvgIpc) is 3.04. The highest BCUT2D eigenvalue weighted by atomic mass is 35.5. The average molecular weight is 476 g/mol. The number of hydrogen-bond donors (Lipinski definition) is 1. The zero-order valence-corrected chi connectivity index (χ0v) is 17.4. The highest BCUT2D eigenvalue weighted by molar-refractivity contribution is 6.51. The first kappa shape index (κ1) is 22.5. The van der Waals surface area contributed by atoms with Gasteiger partial charge in [0, 0.05) is 16.3 Å². The van der Waals surface area contributed by atoms with Crippen LogP contribution >= 0.6 is 11.6 Å². The fourth-order valence-electron chi connectivity index (χ4n) is 3.65. The summed E-state index contributed by atoms with van der Waals surface area (Å²) in [5.41, 5.74) is -1.16. The molecule has 1 amide bonds. The maximum absolute atomic E-state index is 13.5. The van der Waals surface area contributed by atoms with Crippen molar-refractivity contribution in [2.45, 2.75) is 12.2 Å². The fourth-order valence-corrected chi connectivity index (χ4v) is 3.78. The number of rotatable bonds is 3. The Morgan fingerprint density at radius 3 is 2.18 bits per heavy atom. The van der Waals surface area contributed by atoms with E-state index in [2.05, 4.69) is 0 Å². The smallest absolute Gasteiger partial charge is 0.416 e. The Morgan fingerprint density at radius 2 is 1.58 bits per heavy atom. The number of nitrogens with zero attached hydrogens (tertiary/aromatic N) is 1. The Bertz CT molecular complexity index is 1270. The van der Waals surface area contributed by atoms with Gasteiger partial charge in [-0.3, -0.25) is 14.5 Å². The van der Waals surface area contributed by atoms with Crippen LogP contribution in [-0.2, 0) is 15.8 Å². The molecule has 0 saturated carbocycles. The van der Waals surface area contributed by atoms with E-state index in [-0.39, 0.29) is 22.4 Å². The van der Waals surface area contributed by atoms with Gasteiger partial charge in [0.25, 0.3) is 11.7 Å². The minimum atomic E-state index is -4.68. The van der Waals surface area contributed by atoms with E-state index in [4.69, 9.17) is 11.6 Å². The SMILES string of the molecule is O=C1C(=O)N(c2cccc(C(F)(F)F)c2)C(c2ccc(F)cc2)/C1=C(\O)c1ccc(Cl)cc1. The Balaban J connectivity index is 1.94. The number of aliphatic hydroxyl groups excluding tert-OH is 1. The lowest BCUT2D eigenvalue weighted by molar-refractivity contribution is -0.137. The molecule has 168 valence electrons. The quantitative estimate of drug-likeness (QED) is 0.215. The first-order valence-electron chi connectivity index (χ1n) is 9.57. The molecule has 1 N–H and O–H groups in total. The fraction of sp³-hybridized carbons (Fsp3) is 0.0833. The molecule has 33 heavy (non-hydrogen) atoms. The van der Waals surface area contributed by atoms with Crippen LogP contribution in [-0.4, -0.2) is 16.8 Å². The lowest BCUT2D eigenvalue weighted by Gasteiger charge is -2.26. The first-order valence-corrected chi connectivity index (χ1v) is 9.95. The van der Waals surface area contributed by atoms with E-state index in [9.17, 15) is 32.3 Å². The number of ketones is 1. The van der Waals surface area contributed by atoms with Crippen LogP contribution in [0.1, 0.15) is 22.7 Å². The minimum Gasteiger partial charge on any atom is -0.507 e. The molecule has 9 heteroatoms. The number of Topliss-reactive ketones (excluding diaryl/α,β-unsaturated/α-hetero) is 1. The molecule has 1 heterocycles. The summed E-state index contributed by atoms with van der Waals surface area (Å²) in [6.07, 6.45) is -4.68. The third kappa shape index (κ3) is 4.21. The maximum atomic E-state index is 13.5. The molecule has 1 unspecified atom stereocenters. The number of hydrogen-bond acceptors (Lipinski definition) is 3. The van der Waals surface area contributed by atoms with Crippen molar-refractivity contribution in [1.29, 1.82) is 0 Å². The molecule has 1 aliphatic rings. The van der Waals surface area contributed by atoms with Gasteiger partial charge < -0.3 is 5.11 Å². The summed E-state index contributed by atoms with van der Waals surface area (Å²) in [5, 5.41) is 11.3. The van der Waals surface area contributed by atoms with Gasteiger partial charge in [-0.25, -0.2) is 4.39 Å². The summed E-state index contributed by atoms with van der Waals surface area (Å²) < 4.78 is 53.4. The maximum Gasteiger partial charge on any atom is 0.416 e. The Hall–Kier alpha value is -3.65. The predicted octanol–water partition coefficient (Wildman–Crippen LogP) is 6.12. The number of anilines is 1. The van der Waals surface area contributed by atoms with Gasteiger partial charge in [-0.2, -0.15) is 13.2 Å². The van der Waals surface area contributed by atoms with Crippen LogP contribution in [0.2, 0.25) is 5.02 Å². The van der Waals surface area contributed by atoms with Gasteiger partial charge in [0.15, 0.2) is 0 Å². The third-order valence-electron chi connectivity index (χ3n) is 5.20. The summed E-state index contributed by atoms with van der Waals surface area (Å²) in [6.45, 7) is 0. The standard InChI is InChI=1S/C24H14ClF4NO3/c25-16-8-4-14(5-9-16)21(31)19-20(13-6-10-17(26)11-7-13)30(23(33)22(19)32)18-3-1-2-15(12-18)24(27,28)29/h1-12,20,31H/b21-19+. The largest absolute Gasteiger partial charge is 0.507 e. The van der Waals surface area contributed by atoms with Crippen molar-refractivity contribution in [3.05, 3.63) is 106 Å². The molecule has 4 nitrogen and oxygen atoms in total. The Morgan fingerprint density at radius 1 is 0.939 bits per heavy atom. The monoisotopic (exact) mass is 475 g/mol. The van der Waals surface area contributed by atoms with E-state index in [1.54, 1.807) is 0 Å². The van der Waals surface area contributed by atoms with Crippen LogP contribution in [0.3, 0.4) is 0 Å². The van der Waals surface area contributed by atoms with Gasteiger partial charge in [-0.05, 0) is 60.2 Å². The molecule has 3 aromatic carbocycles. The molecule has 4 rings (SSSR count). The van der Waals surface area contributed by atoms with E-state index < -0.39 is 41.0 Å². The van der Waals surface area contributed by atoms with Crippen molar-refractivity contribution in [1.82, 2.24) is 0 Å². The molecule has 0 aromatic heterocycles. The summed E-state index contributed by atoms with van der Waals surface area (Å²) in [4.78, 5) is 26.8. The summed E-state index contributed by atoms with van der Waals surface area (Å²) >= 11 is 5.87. The first-order chi connectivity index (χ1) is 15.6. The van der Waals surface area contributed by atoms with E-state index in [1.807, 2.05) is 0 Å². The van der Waals surface area contributed by atoms with Crippen LogP contribution in [0.5, 0.6) is 0 Å². The zero-order chi connectivity index (χ0) is 23.9. The van der Waals surface area contributed by atoms with E-state index in [1.165, 1.54) is 42.5 Å². The molecule has 0 spiro atoms. The van der Waals surface area contributed by atoms with Crippen molar-refractivity contribution in [2.24, 2.45) is 0 Å². The highest BCUT2D eigenvalue weighted by Crippen LogP contribution is 2.43. The highest BCUT2D eigenvalue weighted by Gasteiger charge is 2.47. The summed E-state index contributed by atoms with van der Waals surface area (Å²) in [7, 11) is 0. The van der Waals surface area contributed by atoms with Crippen LogP contribution in [0.15, 0.2) is 78.4 Å². The zero-order valence-electron chi connectivity index (χ0n) is 16.6. The number of amides is 1. The van der Waals surface area contributed by atoms with Crippen molar-refractivity contribution in [3.8, 4) is 0 Å². The normalized spacial score (nSPS) is 18.1. The van der Waals surface area contributed by atoms with Gasteiger partial charge in [-0.1, -0.05) is 29.8 Å². The van der Waals surface area contributed by atoms with Crippen molar-refractivity contribution in [2.75, 3.05) is 4.90 Å². The van der Waals surface area contributed by atoms with E-state index >= 15 is 0 Å². The molecule has 1 fully saturated rings. The predicted molar refractivity (Wildman–Crippen MR) is 114 cm³/mol. The molecular weight excluding hydrogens is 462 g/mol. The number of carbonyl (C=O) groups excluding carboxylic acids is 2. The third-order valence-corrected chi connectivity index (χ3v) is 5.45. The number of aliphatic hydroxyl groups is 1. The Kier molecular flexibility index (Phi) is 5.71. The van der Waals surface area contributed by atoms with Gasteiger partial charge in [0.2, 0.25) is 0 Å². The molecule has 0 aliphatic carbocycles. The van der Waals surface area contributed by atoms with Gasteiger partial charge in [-0.15, -0.1) is 0 Å². The number of alkyl halides is 3. The summed E-state index contributed by atoms with van der Waals surface area (Å²) in [5.74, 6) is -3.34. The minimum absolute atomic E-state index is 0.175.